The molecule has 19 heavy (non-hydrogen) atoms. The van der Waals surface area contributed by atoms with Crippen LogP contribution in [0, 0.1) is 5.82 Å². The van der Waals surface area contributed by atoms with E-state index in [0.717, 1.165) is 0 Å². The van der Waals surface area contributed by atoms with Gasteiger partial charge in [0.25, 0.3) is 0 Å². The third kappa shape index (κ3) is 3.07. The standard InChI is InChI=1S/C12H9BrCl2FN3/c13-8-3-1-2-7(10(8)16)11(19-17)12-9(15)4-6(14)5-18-12/h1-5,11,19H,17H2. The molecule has 0 amide bonds. The fourth-order valence-electron chi connectivity index (χ4n) is 1.70. The molecule has 100 valence electrons. The minimum Gasteiger partial charge on any atom is -0.271 e. The van der Waals surface area contributed by atoms with Gasteiger partial charge in [0.05, 0.1) is 26.3 Å². The van der Waals surface area contributed by atoms with Crippen molar-refractivity contribution < 1.29 is 4.39 Å². The number of pyridine rings is 1. The Morgan fingerprint density at radius 1 is 1.37 bits per heavy atom. The Hall–Kier alpha value is -0.720. The Kier molecular flexibility index (Phi) is 4.76. The molecular weight excluding hydrogens is 356 g/mol. The van der Waals surface area contributed by atoms with Crippen LogP contribution in [0.5, 0.6) is 0 Å². The minimum atomic E-state index is -0.665. The van der Waals surface area contributed by atoms with Gasteiger partial charge in [-0.3, -0.25) is 10.8 Å². The molecule has 0 saturated carbocycles. The van der Waals surface area contributed by atoms with Crippen molar-refractivity contribution in [1.29, 1.82) is 0 Å². The van der Waals surface area contributed by atoms with Crippen molar-refractivity contribution in [2.45, 2.75) is 6.04 Å². The van der Waals surface area contributed by atoms with Crippen molar-refractivity contribution in [2.24, 2.45) is 5.84 Å². The lowest BCUT2D eigenvalue weighted by molar-refractivity contribution is 0.549. The summed E-state index contributed by atoms with van der Waals surface area (Å²) in [5, 5.41) is 0.717. The van der Waals surface area contributed by atoms with E-state index in [4.69, 9.17) is 29.0 Å². The van der Waals surface area contributed by atoms with Gasteiger partial charge in [-0.15, -0.1) is 0 Å². The van der Waals surface area contributed by atoms with Crippen LogP contribution >= 0.6 is 39.1 Å². The number of aromatic nitrogens is 1. The smallest absolute Gasteiger partial charge is 0.142 e. The lowest BCUT2D eigenvalue weighted by Gasteiger charge is -2.18. The maximum absolute atomic E-state index is 14.1. The summed E-state index contributed by atoms with van der Waals surface area (Å²) >= 11 is 15.0. The first-order valence-electron chi connectivity index (χ1n) is 5.25. The highest BCUT2D eigenvalue weighted by molar-refractivity contribution is 9.10. The van der Waals surface area contributed by atoms with Crippen LogP contribution in [0.15, 0.2) is 34.9 Å². The molecule has 1 atom stereocenters. The van der Waals surface area contributed by atoms with Gasteiger partial charge in [-0.1, -0.05) is 35.3 Å². The number of hydrazine groups is 1. The van der Waals surface area contributed by atoms with Gasteiger partial charge in [0.2, 0.25) is 0 Å². The highest BCUT2D eigenvalue weighted by Crippen LogP contribution is 2.31. The fraction of sp³-hybridized carbons (Fsp3) is 0.0833. The monoisotopic (exact) mass is 363 g/mol. The zero-order chi connectivity index (χ0) is 14.0. The number of nitrogens with two attached hydrogens (primary N) is 1. The SMILES string of the molecule is NNC(c1cccc(Br)c1F)c1ncc(Cl)cc1Cl. The largest absolute Gasteiger partial charge is 0.271 e. The zero-order valence-electron chi connectivity index (χ0n) is 9.50. The summed E-state index contributed by atoms with van der Waals surface area (Å²) in [5.41, 5.74) is 3.26. The van der Waals surface area contributed by atoms with E-state index in [9.17, 15) is 4.39 Å². The number of nitrogens with one attached hydrogen (secondary N) is 1. The molecule has 0 aliphatic rings. The van der Waals surface area contributed by atoms with E-state index in [0.29, 0.717) is 25.8 Å². The normalized spacial score (nSPS) is 12.5. The number of nitrogens with zero attached hydrogens (tertiary/aromatic N) is 1. The molecule has 0 spiro atoms. The first-order valence-corrected chi connectivity index (χ1v) is 6.80. The van der Waals surface area contributed by atoms with Gasteiger partial charge < -0.3 is 0 Å². The highest BCUT2D eigenvalue weighted by Gasteiger charge is 2.21. The summed E-state index contributed by atoms with van der Waals surface area (Å²) in [6, 6.07) is 5.78. The Morgan fingerprint density at radius 2 is 2.11 bits per heavy atom. The van der Waals surface area contributed by atoms with Crippen molar-refractivity contribution in [3.05, 3.63) is 62.1 Å². The summed E-state index contributed by atoms with van der Waals surface area (Å²) in [4.78, 5) is 4.11. The second-order valence-electron chi connectivity index (χ2n) is 3.76. The van der Waals surface area contributed by atoms with Crippen LogP contribution in [-0.2, 0) is 0 Å². The van der Waals surface area contributed by atoms with Crippen LogP contribution in [-0.4, -0.2) is 4.98 Å². The van der Waals surface area contributed by atoms with E-state index in [1.165, 1.54) is 12.3 Å². The van der Waals surface area contributed by atoms with E-state index in [1.807, 2.05) is 0 Å². The molecule has 1 aromatic carbocycles. The van der Waals surface area contributed by atoms with Gasteiger partial charge in [0.15, 0.2) is 0 Å². The third-order valence-electron chi connectivity index (χ3n) is 2.57. The average molecular weight is 365 g/mol. The molecule has 7 heteroatoms. The molecule has 2 rings (SSSR count). The second-order valence-corrected chi connectivity index (χ2v) is 5.46. The van der Waals surface area contributed by atoms with E-state index < -0.39 is 11.9 Å². The van der Waals surface area contributed by atoms with E-state index in [2.05, 4.69) is 26.3 Å². The van der Waals surface area contributed by atoms with Crippen molar-refractivity contribution in [1.82, 2.24) is 10.4 Å². The molecule has 1 aromatic heterocycles. The maximum atomic E-state index is 14.1. The average Bonchev–Trinajstić information content (AvgIpc) is 2.37. The quantitative estimate of drug-likeness (QED) is 0.642. The number of halogens is 4. The molecule has 3 nitrogen and oxygen atoms in total. The van der Waals surface area contributed by atoms with Gasteiger partial charge in [0, 0.05) is 11.8 Å². The van der Waals surface area contributed by atoms with E-state index in [1.54, 1.807) is 18.2 Å². The molecule has 0 radical (unpaired) electrons. The third-order valence-corrected chi connectivity index (χ3v) is 3.69. The molecule has 1 heterocycles. The number of rotatable bonds is 3. The molecule has 0 aliphatic heterocycles. The summed E-state index contributed by atoms with van der Waals surface area (Å²) in [6.07, 6.45) is 1.43. The lowest BCUT2D eigenvalue weighted by Crippen LogP contribution is -2.30. The first kappa shape index (κ1) is 14.7. The van der Waals surface area contributed by atoms with E-state index in [-0.39, 0.29) is 0 Å². The van der Waals surface area contributed by atoms with Crippen molar-refractivity contribution in [2.75, 3.05) is 0 Å². The minimum absolute atomic E-state index is 0.315. The van der Waals surface area contributed by atoms with Crippen LogP contribution < -0.4 is 11.3 Å². The summed E-state index contributed by atoms with van der Waals surface area (Å²) in [5.74, 6) is 5.08. The maximum Gasteiger partial charge on any atom is 0.142 e. The molecule has 0 fully saturated rings. The zero-order valence-corrected chi connectivity index (χ0v) is 12.6. The van der Waals surface area contributed by atoms with Gasteiger partial charge in [-0.25, -0.2) is 9.82 Å². The highest BCUT2D eigenvalue weighted by atomic mass is 79.9. The molecule has 0 aliphatic carbocycles. The van der Waals surface area contributed by atoms with Crippen molar-refractivity contribution in [3.8, 4) is 0 Å². The topological polar surface area (TPSA) is 50.9 Å². The molecule has 0 saturated heterocycles. The van der Waals surface area contributed by atoms with Gasteiger partial charge in [-0.2, -0.15) is 0 Å². The summed E-state index contributed by atoms with van der Waals surface area (Å²) in [6.45, 7) is 0. The number of hydrogen-bond acceptors (Lipinski definition) is 3. The Balaban J connectivity index is 2.53. The lowest BCUT2D eigenvalue weighted by atomic mass is 10.0. The van der Waals surface area contributed by atoms with Gasteiger partial charge in [0.1, 0.15) is 5.82 Å². The van der Waals surface area contributed by atoms with E-state index >= 15 is 0 Å². The second kappa shape index (κ2) is 6.15. The summed E-state index contributed by atoms with van der Waals surface area (Å²) in [7, 11) is 0. The predicted molar refractivity (Wildman–Crippen MR) is 77.5 cm³/mol. The molecule has 0 bridgehead atoms. The molecular formula is C12H9BrCl2FN3. The first-order chi connectivity index (χ1) is 9.04. The van der Waals surface area contributed by atoms with Crippen LogP contribution in [0.1, 0.15) is 17.3 Å². The molecule has 2 aromatic rings. The Morgan fingerprint density at radius 3 is 2.74 bits per heavy atom. The predicted octanol–water partition coefficient (Wildman–Crippen LogP) is 3.84. The van der Waals surface area contributed by atoms with Crippen LogP contribution in [0.25, 0.3) is 0 Å². The van der Waals surface area contributed by atoms with Gasteiger partial charge >= 0.3 is 0 Å². The fourth-order valence-corrected chi connectivity index (χ4v) is 2.57. The van der Waals surface area contributed by atoms with Crippen LogP contribution in [0.4, 0.5) is 4.39 Å². The summed E-state index contributed by atoms with van der Waals surface area (Å²) < 4.78 is 14.4. The molecule has 3 N–H and O–H groups in total. The van der Waals surface area contributed by atoms with Crippen LogP contribution in [0.2, 0.25) is 10.0 Å². The van der Waals surface area contributed by atoms with Crippen molar-refractivity contribution >= 4 is 39.1 Å². The Labute approximate surface area is 128 Å². The van der Waals surface area contributed by atoms with Crippen molar-refractivity contribution in [3.63, 3.8) is 0 Å². The molecule has 1 unspecified atom stereocenters. The Bertz CT molecular complexity index is 610. The number of hydrogen-bond donors (Lipinski definition) is 2. The van der Waals surface area contributed by atoms with Crippen LogP contribution in [0.3, 0.4) is 0 Å². The number of benzene rings is 1. The van der Waals surface area contributed by atoms with Gasteiger partial charge in [-0.05, 0) is 28.1 Å².